The molecule has 0 N–H and O–H groups in total. The summed E-state index contributed by atoms with van der Waals surface area (Å²) in [7, 11) is 0. The molecule has 0 amide bonds. The zero-order valence-electron chi connectivity index (χ0n) is 11.0. The summed E-state index contributed by atoms with van der Waals surface area (Å²) in [6.45, 7) is 0. The lowest BCUT2D eigenvalue weighted by Crippen LogP contribution is -2.38. The molecule has 4 rings (SSSR count). The van der Waals surface area contributed by atoms with Gasteiger partial charge in [0.1, 0.15) is 6.10 Å². The molecule has 1 aromatic carbocycles. The SMILES string of the molecule is O=C1CCCC[C@@]23Cc4ccccc4[C@@H](C2)OC=C13. The third kappa shape index (κ3) is 1.59. The number of ketones is 1. The number of fused-ring (bicyclic) bond motifs is 3. The Morgan fingerprint density at radius 2 is 2.11 bits per heavy atom. The quantitative estimate of drug-likeness (QED) is 0.705. The summed E-state index contributed by atoms with van der Waals surface area (Å²) in [5, 5.41) is 0. The van der Waals surface area contributed by atoms with E-state index >= 15 is 0 Å². The molecule has 1 aliphatic heterocycles. The molecule has 1 heterocycles. The van der Waals surface area contributed by atoms with Crippen LogP contribution in [0.3, 0.4) is 0 Å². The first-order valence-corrected chi connectivity index (χ1v) is 7.26. The van der Waals surface area contributed by atoms with E-state index in [4.69, 9.17) is 4.74 Å². The van der Waals surface area contributed by atoms with Gasteiger partial charge in [-0.3, -0.25) is 4.79 Å². The maximum atomic E-state index is 12.3. The highest BCUT2D eigenvalue weighted by atomic mass is 16.5. The van der Waals surface area contributed by atoms with E-state index in [1.54, 1.807) is 6.26 Å². The lowest BCUT2D eigenvalue weighted by Gasteiger charge is -2.45. The van der Waals surface area contributed by atoms with Crippen LogP contribution in [0.25, 0.3) is 0 Å². The maximum Gasteiger partial charge on any atom is 0.162 e. The second-order valence-corrected chi connectivity index (χ2v) is 6.15. The molecule has 0 saturated heterocycles. The van der Waals surface area contributed by atoms with E-state index in [2.05, 4.69) is 24.3 Å². The zero-order chi connectivity index (χ0) is 12.9. The van der Waals surface area contributed by atoms with E-state index < -0.39 is 0 Å². The average molecular weight is 254 g/mol. The van der Waals surface area contributed by atoms with Gasteiger partial charge in [0.2, 0.25) is 0 Å². The smallest absolute Gasteiger partial charge is 0.162 e. The number of carbonyl (C=O) groups excluding carboxylic acids is 1. The van der Waals surface area contributed by atoms with Crippen LogP contribution < -0.4 is 0 Å². The molecule has 1 fully saturated rings. The molecule has 2 bridgehead atoms. The minimum Gasteiger partial charge on any atom is -0.493 e. The first kappa shape index (κ1) is 11.3. The van der Waals surface area contributed by atoms with Crippen molar-refractivity contribution in [3.63, 3.8) is 0 Å². The summed E-state index contributed by atoms with van der Waals surface area (Å²) in [6, 6.07) is 8.55. The van der Waals surface area contributed by atoms with Crippen molar-refractivity contribution < 1.29 is 9.53 Å². The van der Waals surface area contributed by atoms with Gasteiger partial charge in [0.05, 0.1) is 6.26 Å². The van der Waals surface area contributed by atoms with Crippen molar-refractivity contribution in [3.05, 3.63) is 47.2 Å². The van der Waals surface area contributed by atoms with Gasteiger partial charge in [0, 0.05) is 17.4 Å². The van der Waals surface area contributed by atoms with E-state index in [1.807, 2.05) is 0 Å². The Labute approximate surface area is 113 Å². The van der Waals surface area contributed by atoms with E-state index in [9.17, 15) is 4.79 Å². The summed E-state index contributed by atoms with van der Waals surface area (Å²) < 4.78 is 5.88. The molecule has 2 nitrogen and oxygen atoms in total. The van der Waals surface area contributed by atoms with Gasteiger partial charge in [0.15, 0.2) is 5.78 Å². The van der Waals surface area contributed by atoms with Crippen molar-refractivity contribution in [1.82, 2.24) is 0 Å². The lowest BCUT2D eigenvalue weighted by atomic mass is 9.63. The summed E-state index contributed by atoms with van der Waals surface area (Å²) in [5.41, 5.74) is 3.72. The van der Waals surface area contributed by atoms with Crippen LogP contribution in [-0.4, -0.2) is 5.78 Å². The molecular weight excluding hydrogens is 236 g/mol. The van der Waals surface area contributed by atoms with Crippen LogP contribution in [0.5, 0.6) is 0 Å². The van der Waals surface area contributed by atoms with Crippen LogP contribution in [-0.2, 0) is 16.0 Å². The molecule has 2 heteroatoms. The molecule has 0 aromatic heterocycles. The van der Waals surface area contributed by atoms with Crippen LogP contribution in [0.2, 0.25) is 0 Å². The first-order chi connectivity index (χ1) is 9.28. The van der Waals surface area contributed by atoms with Crippen molar-refractivity contribution in [2.75, 3.05) is 0 Å². The predicted molar refractivity (Wildman–Crippen MR) is 72.6 cm³/mol. The molecule has 2 aliphatic carbocycles. The minimum atomic E-state index is 0.0604. The standard InChI is InChI=1S/C17H18O2/c18-15-7-3-4-8-17-9-12-5-1-2-6-13(12)16(10-17)19-11-14(15)17/h1-2,5-6,11,16H,3-4,7-10H2/t16-,17-/m1/s1. The van der Waals surface area contributed by atoms with Gasteiger partial charge in [-0.2, -0.15) is 0 Å². The number of benzene rings is 1. The van der Waals surface area contributed by atoms with Gasteiger partial charge in [-0.15, -0.1) is 0 Å². The lowest BCUT2D eigenvalue weighted by molar-refractivity contribution is -0.117. The second-order valence-electron chi connectivity index (χ2n) is 6.15. The summed E-state index contributed by atoms with van der Waals surface area (Å²) >= 11 is 0. The Morgan fingerprint density at radius 3 is 3.05 bits per heavy atom. The molecule has 19 heavy (non-hydrogen) atoms. The number of hydrogen-bond donors (Lipinski definition) is 0. The summed E-state index contributed by atoms with van der Waals surface area (Å²) in [5.74, 6) is 0.315. The Hall–Kier alpha value is -1.57. The molecule has 0 radical (unpaired) electrons. The fourth-order valence-corrected chi connectivity index (χ4v) is 4.08. The Balaban J connectivity index is 1.85. The number of rotatable bonds is 0. The first-order valence-electron chi connectivity index (χ1n) is 7.26. The van der Waals surface area contributed by atoms with Gasteiger partial charge in [-0.1, -0.05) is 30.7 Å². The molecule has 1 aromatic rings. The molecule has 3 aliphatic rings. The molecule has 1 saturated carbocycles. The van der Waals surface area contributed by atoms with Crippen molar-refractivity contribution in [2.24, 2.45) is 5.41 Å². The van der Waals surface area contributed by atoms with Crippen LogP contribution in [0.4, 0.5) is 0 Å². The van der Waals surface area contributed by atoms with Crippen molar-refractivity contribution in [2.45, 2.75) is 44.6 Å². The maximum absolute atomic E-state index is 12.3. The Kier molecular flexibility index (Phi) is 2.35. The van der Waals surface area contributed by atoms with Gasteiger partial charge in [-0.25, -0.2) is 0 Å². The van der Waals surface area contributed by atoms with E-state index in [-0.39, 0.29) is 11.5 Å². The Morgan fingerprint density at radius 1 is 1.21 bits per heavy atom. The van der Waals surface area contributed by atoms with Crippen molar-refractivity contribution >= 4 is 5.78 Å². The second kappa shape index (κ2) is 3.96. The van der Waals surface area contributed by atoms with E-state index in [0.717, 1.165) is 37.7 Å². The van der Waals surface area contributed by atoms with E-state index in [0.29, 0.717) is 12.2 Å². The predicted octanol–water partition coefficient (Wildman–Crippen LogP) is 3.72. The largest absolute Gasteiger partial charge is 0.493 e. The monoisotopic (exact) mass is 254 g/mol. The minimum absolute atomic E-state index is 0.0604. The number of allylic oxidation sites excluding steroid dienone is 1. The van der Waals surface area contributed by atoms with Crippen LogP contribution >= 0.6 is 0 Å². The third-order valence-electron chi connectivity index (χ3n) is 5.04. The zero-order valence-corrected chi connectivity index (χ0v) is 11.0. The molecule has 1 spiro atoms. The van der Waals surface area contributed by atoms with E-state index in [1.165, 1.54) is 11.1 Å². The van der Waals surface area contributed by atoms with Gasteiger partial charge in [0.25, 0.3) is 0 Å². The van der Waals surface area contributed by atoms with Crippen LogP contribution in [0.1, 0.15) is 49.3 Å². The van der Waals surface area contributed by atoms with Crippen LogP contribution in [0.15, 0.2) is 36.1 Å². The average Bonchev–Trinajstić information content (AvgIpc) is 2.58. The highest BCUT2D eigenvalue weighted by Crippen LogP contribution is 2.54. The normalized spacial score (nSPS) is 32.5. The highest BCUT2D eigenvalue weighted by Gasteiger charge is 2.47. The van der Waals surface area contributed by atoms with Gasteiger partial charge < -0.3 is 4.74 Å². The molecule has 98 valence electrons. The van der Waals surface area contributed by atoms with Crippen molar-refractivity contribution in [1.29, 1.82) is 0 Å². The van der Waals surface area contributed by atoms with Gasteiger partial charge in [-0.05, 0) is 36.8 Å². The molecule has 2 atom stereocenters. The number of Topliss-reactive ketones (excluding diaryl/α,β-unsaturated/α-hetero) is 1. The number of carbonyl (C=O) groups is 1. The topological polar surface area (TPSA) is 26.3 Å². The third-order valence-corrected chi connectivity index (χ3v) is 5.04. The summed E-state index contributed by atoms with van der Waals surface area (Å²) in [6.07, 6.45) is 7.98. The summed E-state index contributed by atoms with van der Waals surface area (Å²) in [4.78, 5) is 12.3. The fraction of sp³-hybridized carbons (Fsp3) is 0.471. The van der Waals surface area contributed by atoms with Gasteiger partial charge >= 0.3 is 0 Å². The van der Waals surface area contributed by atoms with Crippen LogP contribution in [0, 0.1) is 5.41 Å². The highest BCUT2D eigenvalue weighted by molar-refractivity contribution is 5.97. The molecule has 0 unspecified atom stereocenters. The Bertz CT molecular complexity index is 572. The molecular formula is C17H18O2. The number of ether oxygens (including phenoxy) is 1. The fourth-order valence-electron chi connectivity index (χ4n) is 4.08. The number of hydrogen-bond acceptors (Lipinski definition) is 2. The van der Waals surface area contributed by atoms with Crippen molar-refractivity contribution in [3.8, 4) is 0 Å².